The quantitative estimate of drug-likeness (QED) is 0.855. The highest BCUT2D eigenvalue weighted by Gasteiger charge is 2.41. The van der Waals surface area contributed by atoms with Crippen LogP contribution in [-0.2, 0) is 28.0 Å². The molecular formula is C17H20BrNO3. The fourth-order valence-corrected chi connectivity index (χ4v) is 4.02. The second-order valence-electron chi connectivity index (χ2n) is 5.84. The summed E-state index contributed by atoms with van der Waals surface area (Å²) in [6.07, 6.45) is 2.37. The maximum atomic E-state index is 11.3. The van der Waals surface area contributed by atoms with Gasteiger partial charge in [0.2, 0.25) is 0 Å². The molecule has 0 saturated heterocycles. The Morgan fingerprint density at radius 3 is 2.86 bits per heavy atom. The molecule has 3 rings (SSSR count). The number of fused-ring (bicyclic) bond motifs is 3. The molecule has 0 spiro atoms. The van der Waals surface area contributed by atoms with Crippen molar-refractivity contribution in [2.24, 2.45) is 0 Å². The summed E-state index contributed by atoms with van der Waals surface area (Å²) >= 11 is 3.58. The molecule has 2 aromatic rings. The van der Waals surface area contributed by atoms with E-state index in [9.17, 15) is 9.90 Å². The third-order valence-electron chi connectivity index (χ3n) is 4.64. The van der Waals surface area contributed by atoms with E-state index < -0.39 is 11.6 Å². The van der Waals surface area contributed by atoms with Crippen LogP contribution >= 0.6 is 15.9 Å². The van der Waals surface area contributed by atoms with E-state index in [4.69, 9.17) is 4.74 Å². The summed E-state index contributed by atoms with van der Waals surface area (Å²) < 4.78 is 7.02. The van der Waals surface area contributed by atoms with E-state index in [0.717, 1.165) is 28.5 Å². The van der Waals surface area contributed by atoms with E-state index in [1.165, 1.54) is 16.5 Å². The van der Waals surface area contributed by atoms with Crippen molar-refractivity contribution in [3.05, 3.63) is 33.4 Å². The summed E-state index contributed by atoms with van der Waals surface area (Å²) in [5.41, 5.74) is 3.77. The van der Waals surface area contributed by atoms with E-state index in [-0.39, 0.29) is 6.42 Å². The summed E-state index contributed by atoms with van der Waals surface area (Å²) in [6, 6.07) is 4.24. The van der Waals surface area contributed by atoms with Gasteiger partial charge >= 0.3 is 5.97 Å². The van der Waals surface area contributed by atoms with Crippen LogP contribution in [0.15, 0.2) is 16.6 Å². The first-order chi connectivity index (χ1) is 10.5. The normalized spacial score (nSPS) is 21.0. The molecule has 0 radical (unpaired) electrons. The summed E-state index contributed by atoms with van der Waals surface area (Å²) in [4.78, 5) is 14.8. The molecule has 22 heavy (non-hydrogen) atoms. The zero-order chi connectivity index (χ0) is 15.9. The number of rotatable bonds is 4. The number of aliphatic carboxylic acids is 1. The van der Waals surface area contributed by atoms with Gasteiger partial charge in [-0.2, -0.15) is 0 Å². The minimum Gasteiger partial charge on any atom is -0.481 e. The van der Waals surface area contributed by atoms with E-state index in [1.54, 1.807) is 0 Å². The van der Waals surface area contributed by atoms with E-state index in [2.05, 4.69) is 40.0 Å². The first kappa shape index (κ1) is 15.6. The highest BCUT2D eigenvalue weighted by molar-refractivity contribution is 9.10. The largest absolute Gasteiger partial charge is 0.481 e. The Bertz CT molecular complexity index is 737. The fraction of sp³-hybridized carbons (Fsp3) is 0.471. The molecule has 1 unspecified atom stereocenters. The van der Waals surface area contributed by atoms with Crippen molar-refractivity contribution in [1.29, 1.82) is 0 Å². The second-order valence-corrected chi connectivity index (χ2v) is 6.75. The molecule has 1 aromatic heterocycles. The number of aromatic nitrogens is 1. The summed E-state index contributed by atoms with van der Waals surface area (Å²) in [6.45, 7) is 4.68. The lowest BCUT2D eigenvalue weighted by molar-refractivity contribution is -0.148. The number of halogens is 1. The molecule has 0 aliphatic carbocycles. The van der Waals surface area contributed by atoms with Gasteiger partial charge in [-0.25, -0.2) is 0 Å². The van der Waals surface area contributed by atoms with Gasteiger partial charge in [-0.15, -0.1) is 0 Å². The van der Waals surface area contributed by atoms with Crippen LogP contribution in [0.5, 0.6) is 0 Å². The van der Waals surface area contributed by atoms with E-state index in [0.29, 0.717) is 13.0 Å². The van der Waals surface area contributed by atoms with Crippen LogP contribution in [0, 0.1) is 0 Å². The lowest BCUT2D eigenvalue weighted by atomic mass is 9.86. The van der Waals surface area contributed by atoms with Crippen LogP contribution in [0.25, 0.3) is 10.9 Å². The lowest BCUT2D eigenvalue weighted by Crippen LogP contribution is -2.37. The van der Waals surface area contributed by atoms with E-state index in [1.807, 2.05) is 6.92 Å². The number of benzene rings is 1. The summed E-state index contributed by atoms with van der Waals surface area (Å²) in [7, 11) is 0. The number of carboxylic acid groups (broad SMARTS) is 1. The zero-order valence-electron chi connectivity index (χ0n) is 12.8. The third-order valence-corrected chi connectivity index (χ3v) is 5.09. The van der Waals surface area contributed by atoms with Gasteiger partial charge in [-0.3, -0.25) is 4.79 Å². The Morgan fingerprint density at radius 1 is 1.45 bits per heavy atom. The molecule has 0 amide bonds. The maximum Gasteiger partial charge on any atom is 0.306 e. The number of ether oxygens (including phenoxy) is 1. The van der Waals surface area contributed by atoms with Crippen molar-refractivity contribution < 1.29 is 14.6 Å². The highest BCUT2D eigenvalue weighted by atomic mass is 79.9. The Balaban J connectivity index is 2.27. The van der Waals surface area contributed by atoms with Crippen molar-refractivity contribution in [3.8, 4) is 0 Å². The fourth-order valence-electron chi connectivity index (χ4n) is 3.52. The lowest BCUT2D eigenvalue weighted by Gasteiger charge is -2.35. The van der Waals surface area contributed by atoms with Crippen LogP contribution in [0.2, 0.25) is 0 Å². The Kier molecular flexibility index (Phi) is 4.03. The second kappa shape index (κ2) is 5.70. The standard InChI is InChI=1S/C17H20BrNO3/c1-3-10-7-11(18)8-13-12-5-6-22-17(4-2,9-14(20)21)16(12)19-15(10)13/h7-8,19H,3-6,9H2,1-2H3,(H,20,21). The van der Waals surface area contributed by atoms with Crippen molar-refractivity contribution in [2.75, 3.05) is 6.61 Å². The predicted molar refractivity (Wildman–Crippen MR) is 89.3 cm³/mol. The van der Waals surface area contributed by atoms with Gasteiger partial charge in [-0.1, -0.05) is 29.8 Å². The SMILES string of the molecule is CCc1cc(Br)cc2c3c([nH]c12)C(CC)(CC(=O)O)OCC3. The minimum absolute atomic E-state index is 0.00799. The molecule has 1 aliphatic heterocycles. The molecule has 4 nitrogen and oxygen atoms in total. The number of carboxylic acids is 1. The van der Waals surface area contributed by atoms with Crippen LogP contribution in [-0.4, -0.2) is 22.7 Å². The molecule has 5 heteroatoms. The number of H-pyrrole nitrogens is 1. The average molecular weight is 366 g/mol. The third kappa shape index (κ3) is 2.36. The topological polar surface area (TPSA) is 62.3 Å². The monoisotopic (exact) mass is 365 g/mol. The number of hydrogen-bond acceptors (Lipinski definition) is 2. The molecular weight excluding hydrogens is 346 g/mol. The Morgan fingerprint density at radius 2 is 2.23 bits per heavy atom. The first-order valence-corrected chi connectivity index (χ1v) is 8.49. The number of hydrogen-bond donors (Lipinski definition) is 2. The van der Waals surface area contributed by atoms with Gasteiger partial charge in [0.05, 0.1) is 18.7 Å². The average Bonchev–Trinajstić information content (AvgIpc) is 2.86. The highest BCUT2D eigenvalue weighted by Crippen LogP contribution is 2.42. The molecule has 2 N–H and O–H groups in total. The molecule has 2 heterocycles. The molecule has 1 aromatic carbocycles. The number of aromatic amines is 1. The van der Waals surface area contributed by atoms with Crippen molar-refractivity contribution in [2.45, 2.75) is 45.1 Å². The van der Waals surface area contributed by atoms with Crippen molar-refractivity contribution in [1.82, 2.24) is 4.98 Å². The van der Waals surface area contributed by atoms with Crippen molar-refractivity contribution in [3.63, 3.8) is 0 Å². The Labute approximate surface area is 138 Å². The number of carbonyl (C=O) groups is 1. The summed E-state index contributed by atoms with van der Waals surface area (Å²) in [5, 5.41) is 10.5. The molecule has 0 saturated carbocycles. The molecule has 1 aliphatic rings. The Hall–Kier alpha value is -1.33. The van der Waals surface area contributed by atoms with Crippen LogP contribution in [0.3, 0.4) is 0 Å². The summed E-state index contributed by atoms with van der Waals surface area (Å²) in [5.74, 6) is -0.828. The molecule has 0 fully saturated rings. The molecule has 1 atom stereocenters. The van der Waals surface area contributed by atoms with Crippen LogP contribution in [0.1, 0.15) is 43.5 Å². The smallest absolute Gasteiger partial charge is 0.306 e. The van der Waals surface area contributed by atoms with Gasteiger partial charge in [0.25, 0.3) is 0 Å². The van der Waals surface area contributed by atoms with Gasteiger partial charge in [0.1, 0.15) is 5.60 Å². The van der Waals surface area contributed by atoms with Gasteiger partial charge < -0.3 is 14.8 Å². The van der Waals surface area contributed by atoms with Crippen molar-refractivity contribution >= 4 is 32.8 Å². The molecule has 118 valence electrons. The predicted octanol–water partition coefficient (Wildman–Crippen LogP) is 4.15. The van der Waals surface area contributed by atoms with E-state index >= 15 is 0 Å². The van der Waals surface area contributed by atoms with Crippen LogP contribution < -0.4 is 0 Å². The number of nitrogens with one attached hydrogen (secondary N) is 1. The minimum atomic E-state index is -0.828. The van der Waals surface area contributed by atoms with Gasteiger partial charge in [-0.05, 0) is 42.5 Å². The molecule has 0 bridgehead atoms. The van der Waals surface area contributed by atoms with Gasteiger partial charge in [0.15, 0.2) is 0 Å². The van der Waals surface area contributed by atoms with Gasteiger partial charge in [0, 0.05) is 15.4 Å². The number of aryl methyl sites for hydroxylation is 1. The first-order valence-electron chi connectivity index (χ1n) is 7.70. The zero-order valence-corrected chi connectivity index (χ0v) is 14.4. The maximum absolute atomic E-state index is 11.3. The van der Waals surface area contributed by atoms with Crippen LogP contribution in [0.4, 0.5) is 0 Å².